The van der Waals surface area contributed by atoms with Gasteiger partial charge in [0.05, 0.1) is 38.3 Å². The second-order valence-electron chi connectivity index (χ2n) is 6.72. The highest BCUT2D eigenvalue weighted by atomic mass is 32.2. The number of nitrogens with one attached hydrogen (secondary N) is 2. The summed E-state index contributed by atoms with van der Waals surface area (Å²) in [5.74, 6) is -0.498. The van der Waals surface area contributed by atoms with Gasteiger partial charge in [-0.15, -0.1) is 10.2 Å². The SMILES string of the molecule is COc1ccc2[nH]c3nc(SCC(=O)Nc4cc(OC)c(OC)cc4C(=O)O)nnc3c2c1. The minimum Gasteiger partial charge on any atom is -0.497 e. The fourth-order valence-corrected chi connectivity index (χ4v) is 3.79. The molecule has 11 nitrogen and oxygen atoms in total. The maximum Gasteiger partial charge on any atom is 0.337 e. The second kappa shape index (κ2) is 9.20. The van der Waals surface area contributed by atoms with Crippen LogP contribution in [0, 0.1) is 0 Å². The Hall–Kier alpha value is -4.06. The van der Waals surface area contributed by atoms with Crippen molar-refractivity contribution in [3.05, 3.63) is 35.9 Å². The number of H-pyrrole nitrogens is 1. The third kappa shape index (κ3) is 4.46. The highest BCUT2D eigenvalue weighted by Crippen LogP contribution is 2.33. The summed E-state index contributed by atoms with van der Waals surface area (Å²) in [7, 11) is 4.40. The van der Waals surface area contributed by atoms with Crippen LogP contribution < -0.4 is 19.5 Å². The number of anilines is 1. The van der Waals surface area contributed by atoms with E-state index in [-0.39, 0.29) is 22.8 Å². The first-order valence-corrected chi connectivity index (χ1v) is 10.5. The van der Waals surface area contributed by atoms with E-state index < -0.39 is 11.9 Å². The van der Waals surface area contributed by atoms with Crippen LogP contribution in [0.2, 0.25) is 0 Å². The van der Waals surface area contributed by atoms with Gasteiger partial charge < -0.3 is 29.6 Å². The molecule has 0 unspecified atom stereocenters. The van der Waals surface area contributed by atoms with Crippen LogP contribution in [0.3, 0.4) is 0 Å². The van der Waals surface area contributed by atoms with E-state index in [1.54, 1.807) is 7.11 Å². The van der Waals surface area contributed by atoms with Crippen molar-refractivity contribution in [3.8, 4) is 17.2 Å². The number of ether oxygens (including phenoxy) is 3. The van der Waals surface area contributed by atoms with E-state index in [2.05, 4.69) is 25.5 Å². The number of aromatic nitrogens is 4. The molecule has 2 aromatic heterocycles. The Kier molecular flexibility index (Phi) is 6.18. The van der Waals surface area contributed by atoms with E-state index in [0.29, 0.717) is 27.8 Å². The number of rotatable bonds is 8. The lowest BCUT2D eigenvalue weighted by Crippen LogP contribution is -2.17. The van der Waals surface area contributed by atoms with Gasteiger partial charge in [0.2, 0.25) is 11.1 Å². The minimum absolute atomic E-state index is 0.0609. The Morgan fingerprint density at radius 2 is 1.82 bits per heavy atom. The Balaban J connectivity index is 1.51. The lowest BCUT2D eigenvalue weighted by atomic mass is 10.1. The van der Waals surface area contributed by atoms with Crippen LogP contribution in [-0.4, -0.2) is 64.2 Å². The zero-order valence-corrected chi connectivity index (χ0v) is 18.6. The summed E-state index contributed by atoms with van der Waals surface area (Å²) >= 11 is 1.07. The fraction of sp³-hybridized carbons (Fsp3) is 0.190. The number of amides is 1. The van der Waals surface area contributed by atoms with E-state index in [9.17, 15) is 14.7 Å². The third-order valence-corrected chi connectivity index (χ3v) is 5.60. The highest BCUT2D eigenvalue weighted by Gasteiger charge is 2.18. The van der Waals surface area contributed by atoms with Crippen LogP contribution in [0.25, 0.3) is 22.1 Å². The van der Waals surface area contributed by atoms with Crippen molar-refractivity contribution in [1.29, 1.82) is 0 Å². The zero-order chi connectivity index (χ0) is 23.5. The minimum atomic E-state index is -1.22. The van der Waals surface area contributed by atoms with Crippen LogP contribution in [0.1, 0.15) is 10.4 Å². The second-order valence-corrected chi connectivity index (χ2v) is 7.67. The molecular weight excluding hydrogens is 450 g/mol. The van der Waals surface area contributed by atoms with Crippen LogP contribution in [0.15, 0.2) is 35.5 Å². The summed E-state index contributed by atoms with van der Waals surface area (Å²) in [6.07, 6.45) is 0. The molecule has 33 heavy (non-hydrogen) atoms. The molecule has 0 radical (unpaired) electrons. The quantitative estimate of drug-likeness (QED) is 0.329. The Bertz CT molecular complexity index is 1370. The molecule has 4 aromatic rings. The number of carbonyl (C=O) groups is 2. The van der Waals surface area contributed by atoms with Crippen LogP contribution in [0.5, 0.6) is 17.2 Å². The van der Waals surface area contributed by atoms with Gasteiger partial charge in [-0.25, -0.2) is 9.78 Å². The summed E-state index contributed by atoms with van der Waals surface area (Å²) in [5, 5.41) is 21.5. The van der Waals surface area contributed by atoms with Crippen molar-refractivity contribution in [1.82, 2.24) is 20.2 Å². The number of carboxylic acid groups (broad SMARTS) is 1. The lowest BCUT2D eigenvalue weighted by molar-refractivity contribution is -0.113. The van der Waals surface area contributed by atoms with E-state index in [1.165, 1.54) is 26.4 Å². The average Bonchev–Trinajstić information content (AvgIpc) is 3.19. The number of carboxylic acids is 1. The standard InChI is InChI=1S/C21H19N5O6S/c1-30-10-4-5-13-11(6-10)18-19(23-13)24-21(26-25-18)33-9-17(27)22-14-8-16(32-3)15(31-2)7-12(14)20(28)29/h4-8H,9H2,1-3H3,(H,22,27)(H,28,29)(H,23,24,26). The maximum atomic E-state index is 12.5. The first-order chi connectivity index (χ1) is 15.9. The molecule has 0 saturated carbocycles. The van der Waals surface area contributed by atoms with E-state index in [4.69, 9.17) is 14.2 Å². The van der Waals surface area contributed by atoms with Gasteiger partial charge in [0.25, 0.3) is 0 Å². The van der Waals surface area contributed by atoms with Crippen molar-refractivity contribution in [2.75, 3.05) is 32.4 Å². The molecule has 3 N–H and O–H groups in total. The van der Waals surface area contributed by atoms with Crippen molar-refractivity contribution < 1.29 is 28.9 Å². The summed E-state index contributed by atoms with van der Waals surface area (Å²) in [6.45, 7) is 0. The molecular formula is C21H19N5O6S. The molecule has 170 valence electrons. The molecule has 0 saturated heterocycles. The molecule has 0 aliphatic heterocycles. The molecule has 0 fully saturated rings. The molecule has 2 aromatic carbocycles. The predicted octanol–water partition coefficient (Wildman–Crippen LogP) is 2.96. The number of benzene rings is 2. The monoisotopic (exact) mass is 469 g/mol. The van der Waals surface area contributed by atoms with Gasteiger partial charge in [-0.3, -0.25) is 4.79 Å². The normalized spacial score (nSPS) is 10.9. The van der Waals surface area contributed by atoms with Crippen molar-refractivity contribution in [2.24, 2.45) is 0 Å². The number of thioether (sulfide) groups is 1. The fourth-order valence-electron chi connectivity index (χ4n) is 3.20. The van der Waals surface area contributed by atoms with Gasteiger partial charge in [-0.05, 0) is 18.2 Å². The molecule has 0 aliphatic carbocycles. The number of hydrogen-bond acceptors (Lipinski definition) is 9. The Morgan fingerprint density at radius 3 is 2.52 bits per heavy atom. The van der Waals surface area contributed by atoms with Crippen molar-refractivity contribution in [3.63, 3.8) is 0 Å². The number of aromatic amines is 1. The molecule has 4 rings (SSSR count). The summed E-state index contributed by atoms with van der Waals surface area (Å²) in [6, 6.07) is 8.21. The van der Waals surface area contributed by atoms with Gasteiger partial charge in [0, 0.05) is 23.0 Å². The Labute approximate surface area is 191 Å². The van der Waals surface area contributed by atoms with Crippen molar-refractivity contribution in [2.45, 2.75) is 5.16 Å². The van der Waals surface area contributed by atoms with Gasteiger partial charge in [0.15, 0.2) is 17.1 Å². The molecule has 0 spiro atoms. The predicted molar refractivity (Wildman–Crippen MR) is 122 cm³/mol. The summed E-state index contributed by atoms with van der Waals surface area (Å²) in [4.78, 5) is 31.7. The molecule has 12 heteroatoms. The Morgan fingerprint density at radius 1 is 1.06 bits per heavy atom. The van der Waals surface area contributed by atoms with Gasteiger partial charge in [-0.2, -0.15) is 0 Å². The van der Waals surface area contributed by atoms with Crippen molar-refractivity contribution >= 4 is 51.4 Å². The number of methoxy groups -OCH3 is 3. The first-order valence-electron chi connectivity index (χ1n) is 9.55. The summed E-state index contributed by atoms with van der Waals surface area (Å²) in [5.41, 5.74) is 1.92. The molecule has 2 heterocycles. The molecule has 0 bridgehead atoms. The zero-order valence-electron chi connectivity index (χ0n) is 17.8. The number of carbonyl (C=O) groups excluding carboxylic acids is 1. The number of fused-ring (bicyclic) bond motifs is 3. The number of hydrogen-bond donors (Lipinski definition) is 3. The van der Waals surface area contributed by atoms with Gasteiger partial charge in [0.1, 0.15) is 11.3 Å². The molecule has 0 atom stereocenters. The molecule has 0 aliphatic rings. The first kappa shape index (κ1) is 22.1. The number of nitrogens with zero attached hydrogens (tertiary/aromatic N) is 3. The molecule has 1 amide bonds. The van der Waals surface area contributed by atoms with Gasteiger partial charge in [-0.1, -0.05) is 11.8 Å². The maximum absolute atomic E-state index is 12.5. The van der Waals surface area contributed by atoms with Crippen LogP contribution >= 0.6 is 11.8 Å². The lowest BCUT2D eigenvalue weighted by Gasteiger charge is -2.13. The largest absolute Gasteiger partial charge is 0.497 e. The topological polar surface area (TPSA) is 149 Å². The third-order valence-electron chi connectivity index (χ3n) is 4.76. The van der Waals surface area contributed by atoms with Crippen LogP contribution in [-0.2, 0) is 4.79 Å². The summed E-state index contributed by atoms with van der Waals surface area (Å²) < 4.78 is 15.6. The number of aromatic carboxylic acids is 1. The average molecular weight is 469 g/mol. The van der Waals surface area contributed by atoms with E-state index >= 15 is 0 Å². The van der Waals surface area contributed by atoms with E-state index in [1.807, 2.05) is 18.2 Å². The van der Waals surface area contributed by atoms with E-state index in [0.717, 1.165) is 22.7 Å². The van der Waals surface area contributed by atoms with Crippen LogP contribution in [0.4, 0.5) is 5.69 Å². The highest BCUT2D eigenvalue weighted by molar-refractivity contribution is 7.99. The smallest absolute Gasteiger partial charge is 0.337 e. The van der Waals surface area contributed by atoms with Gasteiger partial charge >= 0.3 is 5.97 Å².